The van der Waals surface area contributed by atoms with Gasteiger partial charge in [-0.2, -0.15) is 0 Å². The maximum absolute atomic E-state index is 11.3. The zero-order valence-corrected chi connectivity index (χ0v) is 15.5. The molecule has 126 valence electrons. The molecule has 24 heavy (non-hydrogen) atoms. The number of hydrogen-bond donors (Lipinski definition) is 2. The second-order valence-corrected chi connectivity index (χ2v) is 9.94. The normalized spacial score (nSPS) is 23.5. The van der Waals surface area contributed by atoms with Crippen molar-refractivity contribution >= 4 is 56.1 Å². The van der Waals surface area contributed by atoms with Crippen LogP contribution in [0.4, 0.5) is 0 Å². The van der Waals surface area contributed by atoms with E-state index >= 15 is 0 Å². The molecule has 2 saturated heterocycles. The molecular formula is C12H12N6O2S4. The molecule has 0 saturated carbocycles. The molecule has 2 fully saturated rings. The highest BCUT2D eigenvalue weighted by molar-refractivity contribution is 8.77. The van der Waals surface area contributed by atoms with Crippen LogP contribution in [0.15, 0.2) is 8.68 Å². The summed E-state index contributed by atoms with van der Waals surface area (Å²) in [7, 11) is 2.96. The van der Waals surface area contributed by atoms with E-state index in [-0.39, 0.29) is 23.9 Å². The Balaban J connectivity index is 1.34. The summed E-state index contributed by atoms with van der Waals surface area (Å²) in [5, 5.41) is 24.1. The second kappa shape index (κ2) is 6.94. The van der Waals surface area contributed by atoms with Crippen molar-refractivity contribution < 1.29 is 9.59 Å². The fraction of sp³-hybridized carbons (Fsp3) is 0.500. The van der Waals surface area contributed by atoms with Crippen molar-refractivity contribution in [3.63, 3.8) is 0 Å². The van der Waals surface area contributed by atoms with Crippen LogP contribution in [0.5, 0.6) is 0 Å². The zero-order chi connectivity index (χ0) is 16.5. The van der Waals surface area contributed by atoms with Gasteiger partial charge < -0.3 is 10.6 Å². The van der Waals surface area contributed by atoms with E-state index in [1.807, 2.05) is 0 Å². The Bertz CT molecular complexity index is 713. The molecule has 2 aromatic rings. The van der Waals surface area contributed by atoms with Gasteiger partial charge in [0.1, 0.15) is 10.0 Å². The maximum atomic E-state index is 11.3. The highest BCUT2D eigenvalue weighted by Gasteiger charge is 2.27. The van der Waals surface area contributed by atoms with E-state index in [1.165, 1.54) is 44.3 Å². The maximum Gasteiger partial charge on any atom is 0.220 e. The summed E-state index contributed by atoms with van der Waals surface area (Å²) < 4.78 is 1.64. The van der Waals surface area contributed by atoms with Gasteiger partial charge in [-0.15, -0.1) is 20.4 Å². The average Bonchev–Trinajstić information content (AvgIpc) is 3.32. The van der Waals surface area contributed by atoms with Gasteiger partial charge in [0.15, 0.2) is 8.68 Å². The van der Waals surface area contributed by atoms with Crippen molar-refractivity contribution in [2.24, 2.45) is 0 Å². The van der Waals surface area contributed by atoms with E-state index in [0.29, 0.717) is 12.8 Å². The first-order chi connectivity index (χ1) is 11.7. The van der Waals surface area contributed by atoms with E-state index in [4.69, 9.17) is 0 Å². The minimum absolute atomic E-state index is 0.00606. The topological polar surface area (TPSA) is 110 Å². The molecule has 0 radical (unpaired) electrons. The monoisotopic (exact) mass is 400 g/mol. The number of nitrogens with zero attached hydrogens (tertiary/aromatic N) is 4. The van der Waals surface area contributed by atoms with Gasteiger partial charge in [-0.25, -0.2) is 0 Å². The molecule has 2 aliphatic rings. The summed E-state index contributed by atoms with van der Waals surface area (Å²) in [6.45, 7) is 0. The molecule has 2 atom stereocenters. The van der Waals surface area contributed by atoms with Crippen molar-refractivity contribution in [2.45, 2.75) is 46.4 Å². The molecule has 0 bridgehead atoms. The molecule has 0 aliphatic carbocycles. The molecule has 4 rings (SSSR count). The smallest absolute Gasteiger partial charge is 0.220 e. The van der Waals surface area contributed by atoms with Crippen LogP contribution in [0.2, 0.25) is 0 Å². The molecular weight excluding hydrogens is 388 g/mol. The Morgan fingerprint density at radius 1 is 0.792 bits per heavy atom. The zero-order valence-electron chi connectivity index (χ0n) is 12.2. The van der Waals surface area contributed by atoms with Gasteiger partial charge in [-0.3, -0.25) is 9.59 Å². The number of amides is 2. The van der Waals surface area contributed by atoms with Gasteiger partial charge in [-0.05, 0) is 34.4 Å². The number of nitrogens with one attached hydrogen (secondary N) is 2. The Hall–Kier alpha value is -1.24. The fourth-order valence-corrected chi connectivity index (χ4v) is 6.71. The van der Waals surface area contributed by atoms with Crippen LogP contribution in [0.3, 0.4) is 0 Å². The third-order valence-corrected chi connectivity index (χ3v) is 8.64. The summed E-state index contributed by atoms with van der Waals surface area (Å²) in [5.41, 5.74) is 0. The lowest BCUT2D eigenvalue weighted by Crippen LogP contribution is -2.18. The SMILES string of the molecule is O=C1CCC(c2nnc(SSc3nnc(C4CCC(=O)N4)s3)s2)N1. The minimum atomic E-state index is -0.00606. The highest BCUT2D eigenvalue weighted by Crippen LogP contribution is 2.42. The molecule has 12 heteroatoms. The largest absolute Gasteiger partial charge is 0.347 e. The number of rotatable bonds is 5. The van der Waals surface area contributed by atoms with Gasteiger partial charge in [0, 0.05) is 12.8 Å². The number of aromatic nitrogens is 4. The molecule has 8 nitrogen and oxygen atoms in total. The quantitative estimate of drug-likeness (QED) is 0.734. The first-order valence-corrected chi connectivity index (χ1v) is 11.1. The van der Waals surface area contributed by atoms with Gasteiger partial charge in [0.25, 0.3) is 0 Å². The van der Waals surface area contributed by atoms with Crippen LogP contribution in [0.1, 0.15) is 47.8 Å². The highest BCUT2D eigenvalue weighted by atomic mass is 33.1. The Labute approximate surface area is 153 Å². The van der Waals surface area contributed by atoms with Gasteiger partial charge in [0.05, 0.1) is 12.1 Å². The lowest BCUT2D eigenvalue weighted by Gasteiger charge is -2.02. The summed E-state index contributed by atoms with van der Waals surface area (Å²) >= 11 is 2.98. The molecule has 2 aliphatic heterocycles. The van der Waals surface area contributed by atoms with Crippen LogP contribution in [0.25, 0.3) is 0 Å². The summed E-state index contributed by atoms with van der Waals surface area (Å²) in [6, 6.07) is -0.0121. The fourth-order valence-electron chi connectivity index (χ4n) is 2.46. The second-order valence-electron chi connectivity index (χ2n) is 5.30. The number of carbonyl (C=O) groups excluding carboxylic acids is 2. The Kier molecular flexibility index (Phi) is 4.70. The number of hydrogen-bond acceptors (Lipinski definition) is 10. The van der Waals surface area contributed by atoms with Crippen LogP contribution < -0.4 is 10.6 Å². The molecule has 0 spiro atoms. The van der Waals surface area contributed by atoms with Gasteiger partial charge in [-0.1, -0.05) is 22.7 Å². The van der Waals surface area contributed by atoms with Crippen LogP contribution in [-0.4, -0.2) is 32.2 Å². The van der Waals surface area contributed by atoms with Crippen LogP contribution >= 0.6 is 44.3 Å². The molecule has 0 aromatic carbocycles. The van der Waals surface area contributed by atoms with E-state index in [9.17, 15) is 9.59 Å². The van der Waals surface area contributed by atoms with E-state index in [2.05, 4.69) is 31.0 Å². The molecule has 4 heterocycles. The predicted molar refractivity (Wildman–Crippen MR) is 91.8 cm³/mol. The third kappa shape index (κ3) is 3.55. The third-order valence-electron chi connectivity index (χ3n) is 3.62. The Morgan fingerprint density at radius 3 is 1.62 bits per heavy atom. The number of carbonyl (C=O) groups is 2. The lowest BCUT2D eigenvalue weighted by molar-refractivity contribution is -0.120. The minimum Gasteiger partial charge on any atom is -0.347 e. The van der Waals surface area contributed by atoms with E-state index < -0.39 is 0 Å². The molecule has 2 unspecified atom stereocenters. The van der Waals surface area contributed by atoms with Crippen LogP contribution in [-0.2, 0) is 9.59 Å². The molecule has 2 aromatic heterocycles. The Morgan fingerprint density at radius 2 is 1.25 bits per heavy atom. The van der Waals surface area contributed by atoms with Crippen molar-refractivity contribution in [1.29, 1.82) is 0 Å². The standard InChI is InChI=1S/C12H12N6O2S4/c19-7-3-1-5(13-7)9-15-17-11(21-9)23-24-12-18-16-10(22-12)6-2-4-8(20)14-6/h5-6H,1-4H2,(H,13,19)(H,14,20). The summed E-state index contributed by atoms with van der Waals surface area (Å²) in [4.78, 5) is 22.5. The first kappa shape index (κ1) is 16.2. The van der Waals surface area contributed by atoms with Crippen molar-refractivity contribution in [3.8, 4) is 0 Å². The average molecular weight is 401 g/mol. The van der Waals surface area contributed by atoms with Gasteiger partial charge in [0.2, 0.25) is 11.8 Å². The summed E-state index contributed by atoms with van der Waals surface area (Å²) in [5.74, 6) is 0.137. The van der Waals surface area contributed by atoms with Crippen LogP contribution in [0, 0.1) is 0 Å². The van der Waals surface area contributed by atoms with Crippen molar-refractivity contribution in [1.82, 2.24) is 31.0 Å². The van der Waals surface area contributed by atoms with Gasteiger partial charge >= 0.3 is 0 Å². The lowest BCUT2D eigenvalue weighted by atomic mass is 10.2. The van der Waals surface area contributed by atoms with Crippen molar-refractivity contribution in [3.05, 3.63) is 10.0 Å². The molecule has 2 N–H and O–H groups in total. The molecule has 2 amide bonds. The predicted octanol–water partition coefficient (Wildman–Crippen LogP) is 2.09. The van der Waals surface area contributed by atoms with E-state index in [1.54, 1.807) is 0 Å². The van der Waals surface area contributed by atoms with Crippen molar-refractivity contribution in [2.75, 3.05) is 0 Å². The summed E-state index contributed by atoms with van der Waals surface area (Å²) in [6.07, 6.45) is 2.65. The van der Waals surface area contributed by atoms with E-state index in [0.717, 1.165) is 31.5 Å². The first-order valence-electron chi connectivity index (χ1n) is 7.27.